The zero-order valence-corrected chi connectivity index (χ0v) is 16.5. The molecule has 3 heterocycles. The van der Waals surface area contributed by atoms with Gasteiger partial charge < -0.3 is 9.64 Å². The van der Waals surface area contributed by atoms with Crippen molar-refractivity contribution in [3.63, 3.8) is 0 Å². The van der Waals surface area contributed by atoms with Gasteiger partial charge in [-0.3, -0.25) is 14.4 Å². The molecular formula is C20H24N4O2S. The third kappa shape index (κ3) is 3.84. The lowest BCUT2D eigenvalue weighted by atomic mass is 10.2. The van der Waals surface area contributed by atoms with Crippen LogP contribution < -0.4 is 4.74 Å². The van der Waals surface area contributed by atoms with Crippen LogP contribution in [0.3, 0.4) is 0 Å². The Labute approximate surface area is 162 Å². The van der Waals surface area contributed by atoms with Gasteiger partial charge in [-0.15, -0.1) is 11.3 Å². The third-order valence-corrected chi connectivity index (χ3v) is 6.18. The third-order valence-electron chi connectivity index (χ3n) is 4.99. The Morgan fingerprint density at radius 3 is 2.63 bits per heavy atom. The zero-order chi connectivity index (χ0) is 18.8. The molecule has 2 aromatic heterocycles. The molecule has 3 aromatic rings. The van der Waals surface area contributed by atoms with Crippen molar-refractivity contribution in [2.75, 3.05) is 39.3 Å². The van der Waals surface area contributed by atoms with Gasteiger partial charge >= 0.3 is 0 Å². The first kappa shape index (κ1) is 18.0. The molecule has 1 fully saturated rings. The van der Waals surface area contributed by atoms with Crippen LogP contribution in [0, 0.1) is 6.92 Å². The van der Waals surface area contributed by atoms with E-state index in [4.69, 9.17) is 4.74 Å². The smallest absolute Gasteiger partial charge is 0.264 e. The first-order valence-electron chi connectivity index (χ1n) is 9.24. The molecule has 0 spiro atoms. The number of amides is 1. The lowest BCUT2D eigenvalue weighted by molar-refractivity contribution is 0.0625. The van der Waals surface area contributed by atoms with Gasteiger partial charge in [0.1, 0.15) is 17.2 Å². The summed E-state index contributed by atoms with van der Waals surface area (Å²) in [5.74, 6) is 1.04. The molecule has 1 aliphatic rings. The minimum atomic E-state index is 0.135. The fourth-order valence-electron chi connectivity index (χ4n) is 3.45. The molecule has 0 bridgehead atoms. The average Bonchev–Trinajstić information content (AvgIpc) is 3.24. The number of hydrogen-bond donors (Lipinski definition) is 0. The van der Waals surface area contributed by atoms with Gasteiger partial charge in [0.05, 0.1) is 10.6 Å². The maximum atomic E-state index is 12.9. The number of aryl methyl sites for hydroxylation is 2. The fourth-order valence-corrected chi connectivity index (χ4v) is 4.54. The highest BCUT2D eigenvalue weighted by atomic mass is 32.1. The summed E-state index contributed by atoms with van der Waals surface area (Å²) in [4.78, 5) is 19.0. The molecule has 1 aromatic carbocycles. The summed E-state index contributed by atoms with van der Waals surface area (Å²) < 4.78 is 7.63. The maximum Gasteiger partial charge on any atom is 0.264 e. The van der Waals surface area contributed by atoms with E-state index in [1.165, 1.54) is 11.3 Å². The summed E-state index contributed by atoms with van der Waals surface area (Å²) in [6, 6.07) is 11.9. The van der Waals surface area contributed by atoms with E-state index in [-0.39, 0.29) is 5.91 Å². The van der Waals surface area contributed by atoms with E-state index in [1.54, 1.807) is 0 Å². The lowest BCUT2D eigenvalue weighted by Crippen LogP contribution is -2.49. The Kier molecular flexibility index (Phi) is 5.13. The number of benzene rings is 1. The van der Waals surface area contributed by atoms with E-state index in [0.717, 1.165) is 59.3 Å². The number of nitrogens with zero attached hydrogens (tertiary/aromatic N) is 4. The minimum Gasteiger partial charge on any atom is -0.492 e. The van der Waals surface area contributed by atoms with Crippen molar-refractivity contribution in [2.45, 2.75) is 6.92 Å². The van der Waals surface area contributed by atoms with Crippen molar-refractivity contribution in [3.8, 4) is 5.75 Å². The molecule has 7 heteroatoms. The van der Waals surface area contributed by atoms with Crippen LogP contribution in [-0.4, -0.2) is 64.8 Å². The molecule has 4 rings (SSSR count). The molecule has 1 amide bonds. The number of carbonyl (C=O) groups excluding carboxylic acids is 1. The first-order valence-corrected chi connectivity index (χ1v) is 10.1. The predicted molar refractivity (Wildman–Crippen MR) is 108 cm³/mol. The van der Waals surface area contributed by atoms with Crippen LogP contribution in [-0.2, 0) is 7.05 Å². The number of fused-ring (bicyclic) bond motifs is 1. The molecule has 27 heavy (non-hydrogen) atoms. The van der Waals surface area contributed by atoms with Gasteiger partial charge in [0.2, 0.25) is 0 Å². The van der Waals surface area contributed by atoms with E-state index >= 15 is 0 Å². The van der Waals surface area contributed by atoms with Gasteiger partial charge in [-0.2, -0.15) is 5.10 Å². The van der Waals surface area contributed by atoms with Gasteiger partial charge in [-0.05, 0) is 25.1 Å². The molecule has 1 saturated heterocycles. The van der Waals surface area contributed by atoms with Gasteiger partial charge in [0.25, 0.3) is 5.91 Å². The van der Waals surface area contributed by atoms with Crippen molar-refractivity contribution < 1.29 is 9.53 Å². The highest BCUT2D eigenvalue weighted by Crippen LogP contribution is 2.28. The van der Waals surface area contributed by atoms with Crippen molar-refractivity contribution in [3.05, 3.63) is 47.0 Å². The Morgan fingerprint density at radius 2 is 1.93 bits per heavy atom. The number of piperazine rings is 1. The molecule has 0 aliphatic carbocycles. The molecule has 0 radical (unpaired) electrons. The molecule has 0 atom stereocenters. The van der Waals surface area contributed by atoms with Crippen LogP contribution in [0.1, 0.15) is 15.4 Å². The monoisotopic (exact) mass is 384 g/mol. The van der Waals surface area contributed by atoms with Gasteiger partial charge in [0.15, 0.2) is 0 Å². The summed E-state index contributed by atoms with van der Waals surface area (Å²) in [7, 11) is 1.93. The molecule has 0 unspecified atom stereocenters. The first-order chi connectivity index (χ1) is 13.1. The van der Waals surface area contributed by atoms with E-state index in [2.05, 4.69) is 10.00 Å². The van der Waals surface area contributed by atoms with Crippen LogP contribution in [0.4, 0.5) is 0 Å². The van der Waals surface area contributed by atoms with Gasteiger partial charge in [-0.25, -0.2) is 0 Å². The maximum absolute atomic E-state index is 12.9. The largest absolute Gasteiger partial charge is 0.492 e. The van der Waals surface area contributed by atoms with Crippen molar-refractivity contribution >= 4 is 27.5 Å². The van der Waals surface area contributed by atoms with E-state index in [9.17, 15) is 4.79 Å². The highest BCUT2D eigenvalue weighted by molar-refractivity contribution is 7.20. The number of ether oxygens (including phenoxy) is 1. The topological polar surface area (TPSA) is 50.6 Å². The Balaban J connectivity index is 1.29. The summed E-state index contributed by atoms with van der Waals surface area (Å²) in [5.41, 5.74) is 0.978. The van der Waals surface area contributed by atoms with Crippen molar-refractivity contribution in [2.24, 2.45) is 7.05 Å². The summed E-state index contributed by atoms with van der Waals surface area (Å²) in [6.07, 6.45) is 0. The van der Waals surface area contributed by atoms with Gasteiger partial charge in [0, 0.05) is 45.2 Å². The average molecular weight is 385 g/mol. The van der Waals surface area contributed by atoms with Crippen molar-refractivity contribution in [1.29, 1.82) is 0 Å². The summed E-state index contributed by atoms with van der Waals surface area (Å²) in [5, 5.41) is 5.49. The Hall–Kier alpha value is -2.38. The second-order valence-corrected chi connectivity index (χ2v) is 7.86. The minimum absolute atomic E-state index is 0.135. The molecule has 142 valence electrons. The van der Waals surface area contributed by atoms with Crippen LogP contribution in [0.25, 0.3) is 10.2 Å². The number of thiophene rings is 1. The quantitative estimate of drug-likeness (QED) is 0.679. The fraction of sp³-hybridized carbons (Fsp3) is 0.400. The highest BCUT2D eigenvalue weighted by Gasteiger charge is 2.24. The number of hydrogen-bond acceptors (Lipinski definition) is 5. The summed E-state index contributed by atoms with van der Waals surface area (Å²) in [6.45, 7) is 6.82. The van der Waals surface area contributed by atoms with Gasteiger partial charge in [-0.1, -0.05) is 18.2 Å². The number of aromatic nitrogens is 2. The van der Waals surface area contributed by atoms with Crippen LogP contribution in [0.2, 0.25) is 0 Å². The predicted octanol–water partition coefficient (Wildman–Crippen LogP) is 2.78. The second kappa shape index (κ2) is 7.70. The van der Waals surface area contributed by atoms with E-state index in [0.29, 0.717) is 6.61 Å². The SMILES string of the molecule is Cc1nn(C)c2sc(C(=O)N3CCN(CCOc4ccccc4)CC3)cc12. The molecule has 6 nitrogen and oxygen atoms in total. The van der Waals surface area contributed by atoms with E-state index < -0.39 is 0 Å². The van der Waals surface area contributed by atoms with E-state index in [1.807, 2.05) is 60.0 Å². The van der Waals surface area contributed by atoms with Crippen LogP contribution >= 0.6 is 11.3 Å². The Morgan fingerprint density at radius 1 is 1.19 bits per heavy atom. The van der Waals surface area contributed by atoms with Crippen molar-refractivity contribution in [1.82, 2.24) is 19.6 Å². The normalized spacial score (nSPS) is 15.4. The number of carbonyl (C=O) groups is 1. The number of para-hydroxylation sites is 1. The Bertz CT molecular complexity index is 892. The zero-order valence-electron chi connectivity index (χ0n) is 15.7. The van der Waals surface area contributed by atoms with Crippen LogP contribution in [0.5, 0.6) is 5.75 Å². The molecule has 0 N–H and O–H groups in total. The number of rotatable bonds is 5. The standard InChI is InChI=1S/C20H24N4O2S/c1-15-17-14-18(27-20(17)22(2)21-15)19(25)24-10-8-23(9-11-24)12-13-26-16-6-4-3-5-7-16/h3-7,14H,8-13H2,1-2H3. The summed E-state index contributed by atoms with van der Waals surface area (Å²) >= 11 is 1.53. The molecule has 0 saturated carbocycles. The lowest BCUT2D eigenvalue weighted by Gasteiger charge is -2.34. The van der Waals surface area contributed by atoms with Crippen LogP contribution in [0.15, 0.2) is 36.4 Å². The molecular weight excluding hydrogens is 360 g/mol. The molecule has 1 aliphatic heterocycles. The second-order valence-electron chi connectivity index (χ2n) is 6.83.